The predicted octanol–water partition coefficient (Wildman–Crippen LogP) is 3.47. The highest BCUT2D eigenvalue weighted by Crippen LogP contribution is 2.29. The van der Waals surface area contributed by atoms with E-state index in [9.17, 15) is 18.4 Å². The van der Waals surface area contributed by atoms with Crippen molar-refractivity contribution in [2.45, 2.75) is 18.8 Å². The number of alkyl halides is 2. The second kappa shape index (κ2) is 7.69. The number of anilines is 1. The van der Waals surface area contributed by atoms with Crippen LogP contribution in [0.4, 0.5) is 19.3 Å². The second-order valence-corrected chi connectivity index (χ2v) is 7.02. The Labute approximate surface area is 170 Å². The first kappa shape index (κ1) is 19.7. The number of aromatic nitrogens is 3. The largest absolute Gasteiger partial charge is 0.453 e. The van der Waals surface area contributed by atoms with E-state index >= 15 is 0 Å². The molecule has 8 nitrogen and oxygen atoms in total. The zero-order chi connectivity index (χ0) is 21.3. The molecule has 1 aliphatic heterocycles. The highest BCUT2D eigenvalue weighted by Gasteiger charge is 2.35. The van der Waals surface area contributed by atoms with E-state index in [0.29, 0.717) is 22.6 Å². The van der Waals surface area contributed by atoms with Crippen molar-refractivity contribution in [3.8, 4) is 5.69 Å². The molecule has 0 aromatic carbocycles. The fourth-order valence-electron chi connectivity index (χ4n) is 3.37. The van der Waals surface area contributed by atoms with Crippen LogP contribution in [0.15, 0.2) is 43.0 Å². The molecule has 0 atom stereocenters. The number of methoxy groups -OCH3 is 1. The summed E-state index contributed by atoms with van der Waals surface area (Å²) < 4.78 is 33.0. The van der Waals surface area contributed by atoms with Gasteiger partial charge in [0.25, 0.3) is 11.8 Å². The number of piperidine rings is 1. The predicted molar refractivity (Wildman–Crippen MR) is 105 cm³/mol. The number of nitrogens with zero attached hydrogens (tertiary/aromatic N) is 4. The van der Waals surface area contributed by atoms with Gasteiger partial charge in [-0.05, 0) is 18.2 Å². The smallest absolute Gasteiger partial charge is 0.411 e. The van der Waals surface area contributed by atoms with E-state index in [1.54, 1.807) is 35.2 Å². The fraction of sp³-hybridized carbons (Fsp3) is 0.300. The fourth-order valence-corrected chi connectivity index (χ4v) is 3.37. The SMILES string of the molecule is COC(=O)Nc1cncc(-n2ccc3cc(C(=O)N4CCC(F)(F)CC4)cnc32)c1. The molecule has 2 amide bonds. The van der Waals surface area contributed by atoms with Crippen LogP contribution in [0.2, 0.25) is 0 Å². The average molecular weight is 415 g/mol. The Morgan fingerprint density at radius 1 is 1.17 bits per heavy atom. The van der Waals surface area contributed by atoms with E-state index in [2.05, 4.69) is 20.0 Å². The van der Waals surface area contributed by atoms with Crippen LogP contribution in [0.25, 0.3) is 16.7 Å². The first-order valence-corrected chi connectivity index (χ1v) is 9.31. The molecule has 0 saturated carbocycles. The zero-order valence-corrected chi connectivity index (χ0v) is 16.1. The van der Waals surface area contributed by atoms with Crippen LogP contribution in [0.1, 0.15) is 23.2 Å². The maximum atomic E-state index is 13.3. The minimum atomic E-state index is -2.71. The van der Waals surface area contributed by atoms with E-state index < -0.39 is 12.0 Å². The van der Waals surface area contributed by atoms with Crippen molar-refractivity contribution in [2.24, 2.45) is 0 Å². The van der Waals surface area contributed by atoms with Gasteiger partial charge >= 0.3 is 6.09 Å². The molecule has 0 radical (unpaired) electrons. The molecule has 1 aliphatic rings. The third kappa shape index (κ3) is 3.93. The molecule has 1 saturated heterocycles. The van der Waals surface area contributed by atoms with E-state index in [0.717, 1.165) is 5.39 Å². The maximum Gasteiger partial charge on any atom is 0.411 e. The molecule has 30 heavy (non-hydrogen) atoms. The number of hydrogen-bond acceptors (Lipinski definition) is 5. The Kier molecular flexibility index (Phi) is 5.06. The molecule has 0 unspecified atom stereocenters. The van der Waals surface area contributed by atoms with Gasteiger partial charge in [0.05, 0.1) is 36.4 Å². The third-order valence-corrected chi connectivity index (χ3v) is 4.99. The van der Waals surface area contributed by atoms with Gasteiger partial charge in [0.15, 0.2) is 0 Å². The molecule has 3 aromatic heterocycles. The first-order chi connectivity index (χ1) is 14.4. The summed E-state index contributed by atoms with van der Waals surface area (Å²) in [4.78, 5) is 34.0. The monoisotopic (exact) mass is 415 g/mol. The van der Waals surface area contributed by atoms with E-state index in [1.807, 2.05) is 0 Å². The summed E-state index contributed by atoms with van der Waals surface area (Å²) in [6.45, 7) is 0.0487. The number of hydrogen-bond donors (Lipinski definition) is 1. The van der Waals surface area contributed by atoms with E-state index in [1.165, 1.54) is 24.4 Å². The molecule has 0 spiro atoms. The Balaban J connectivity index is 1.58. The van der Waals surface area contributed by atoms with Crippen LogP contribution in [0.5, 0.6) is 0 Å². The van der Waals surface area contributed by atoms with Gasteiger partial charge in [-0.2, -0.15) is 0 Å². The molecule has 0 aliphatic carbocycles. The number of fused-ring (bicyclic) bond motifs is 1. The summed E-state index contributed by atoms with van der Waals surface area (Å²) in [5.41, 5.74) is 2.05. The first-order valence-electron chi connectivity index (χ1n) is 9.31. The minimum absolute atomic E-state index is 0.0243. The van der Waals surface area contributed by atoms with Crippen molar-refractivity contribution < 1.29 is 23.1 Å². The summed E-state index contributed by atoms with van der Waals surface area (Å²) in [5.74, 6) is -3.01. The summed E-state index contributed by atoms with van der Waals surface area (Å²) in [5, 5.41) is 3.26. The van der Waals surface area contributed by atoms with Crippen LogP contribution >= 0.6 is 0 Å². The van der Waals surface area contributed by atoms with Crippen molar-refractivity contribution in [1.29, 1.82) is 0 Å². The highest BCUT2D eigenvalue weighted by molar-refractivity contribution is 5.97. The minimum Gasteiger partial charge on any atom is -0.453 e. The molecular formula is C20H19F2N5O3. The molecule has 4 heterocycles. The molecule has 3 aromatic rings. The number of nitrogens with one attached hydrogen (secondary N) is 1. The van der Waals surface area contributed by atoms with Crippen LogP contribution in [0, 0.1) is 0 Å². The summed E-state index contributed by atoms with van der Waals surface area (Å²) in [6.07, 6.45) is 5.05. The number of ether oxygens (including phenoxy) is 1. The number of amides is 2. The Morgan fingerprint density at radius 3 is 2.67 bits per heavy atom. The van der Waals surface area contributed by atoms with E-state index in [-0.39, 0.29) is 31.8 Å². The summed E-state index contributed by atoms with van der Waals surface area (Å²) in [6, 6.07) is 5.19. The molecule has 10 heteroatoms. The molecule has 1 N–H and O–H groups in total. The molecular weight excluding hydrogens is 396 g/mol. The van der Waals surface area contributed by atoms with Crippen LogP contribution in [0.3, 0.4) is 0 Å². The van der Waals surface area contributed by atoms with Gasteiger partial charge in [-0.15, -0.1) is 0 Å². The molecule has 1 fully saturated rings. The van der Waals surface area contributed by atoms with Gasteiger partial charge in [-0.3, -0.25) is 19.7 Å². The number of pyridine rings is 2. The summed E-state index contributed by atoms with van der Waals surface area (Å²) in [7, 11) is 1.27. The topological polar surface area (TPSA) is 89.3 Å². The van der Waals surface area contributed by atoms with Crippen molar-refractivity contribution in [1.82, 2.24) is 19.4 Å². The van der Waals surface area contributed by atoms with Crippen LogP contribution < -0.4 is 5.32 Å². The average Bonchev–Trinajstić information content (AvgIpc) is 3.16. The maximum absolute atomic E-state index is 13.3. The lowest BCUT2D eigenvalue weighted by atomic mass is 10.1. The van der Waals surface area contributed by atoms with Gasteiger partial charge in [-0.25, -0.2) is 18.6 Å². The van der Waals surface area contributed by atoms with Gasteiger partial charge in [0.1, 0.15) is 5.65 Å². The van der Waals surface area contributed by atoms with Crippen molar-refractivity contribution in [3.63, 3.8) is 0 Å². The van der Waals surface area contributed by atoms with Gasteiger partial charge < -0.3 is 9.64 Å². The van der Waals surface area contributed by atoms with Crippen LogP contribution in [-0.2, 0) is 4.74 Å². The molecule has 156 valence electrons. The lowest BCUT2D eigenvalue weighted by Gasteiger charge is -2.31. The van der Waals surface area contributed by atoms with Crippen molar-refractivity contribution in [2.75, 3.05) is 25.5 Å². The molecule has 0 bridgehead atoms. The van der Waals surface area contributed by atoms with Gasteiger partial charge in [0.2, 0.25) is 0 Å². The lowest BCUT2D eigenvalue weighted by molar-refractivity contribution is -0.0494. The normalized spacial score (nSPS) is 15.8. The number of likely N-dealkylation sites (tertiary alicyclic amines) is 1. The van der Waals surface area contributed by atoms with Gasteiger partial charge in [-0.1, -0.05) is 0 Å². The van der Waals surface area contributed by atoms with Crippen molar-refractivity contribution >= 4 is 28.7 Å². The number of carbonyl (C=O) groups is 2. The lowest BCUT2D eigenvalue weighted by Crippen LogP contribution is -2.42. The third-order valence-electron chi connectivity index (χ3n) is 4.99. The second-order valence-electron chi connectivity index (χ2n) is 7.02. The van der Waals surface area contributed by atoms with Crippen molar-refractivity contribution in [3.05, 3.63) is 48.5 Å². The Bertz CT molecular complexity index is 1100. The summed E-state index contributed by atoms with van der Waals surface area (Å²) >= 11 is 0. The zero-order valence-electron chi connectivity index (χ0n) is 16.1. The highest BCUT2D eigenvalue weighted by atomic mass is 19.3. The van der Waals surface area contributed by atoms with Crippen LogP contribution in [-0.4, -0.2) is 57.6 Å². The van der Waals surface area contributed by atoms with Gasteiger partial charge in [0, 0.05) is 43.7 Å². The quantitative estimate of drug-likeness (QED) is 0.708. The number of rotatable bonds is 3. The van der Waals surface area contributed by atoms with E-state index in [4.69, 9.17) is 0 Å². The number of halogens is 2. The Morgan fingerprint density at radius 2 is 1.93 bits per heavy atom. The standard InChI is InChI=1S/C20H19F2N5O3/c1-30-19(29)25-15-9-16(12-23-11-15)27-5-2-13-8-14(10-24-17(13)27)18(28)26-6-3-20(21,22)4-7-26/h2,5,8-12H,3-4,6-7H2,1H3,(H,25,29). The number of carbonyl (C=O) groups excluding carboxylic acids is 2. The Hall–Kier alpha value is -3.56. The molecule has 4 rings (SSSR count).